The number of carbonyl (C=O) groups excluding carboxylic acids is 1. The van der Waals surface area contributed by atoms with Crippen molar-refractivity contribution < 1.29 is 24.6 Å². The van der Waals surface area contributed by atoms with Gasteiger partial charge in [-0.15, -0.1) is 0 Å². The Kier molecular flexibility index (Phi) is 4.32. The quantitative estimate of drug-likeness (QED) is 0.733. The van der Waals surface area contributed by atoms with E-state index in [-0.39, 0.29) is 27.5 Å². The predicted molar refractivity (Wildman–Crippen MR) is 78.7 cm³/mol. The Balaban J connectivity index is 2.57. The maximum Gasteiger partial charge on any atom is 0.352 e. The summed E-state index contributed by atoms with van der Waals surface area (Å²) >= 11 is 5.97. The summed E-state index contributed by atoms with van der Waals surface area (Å²) in [6, 6.07) is 6.36. The van der Waals surface area contributed by atoms with E-state index in [1.165, 1.54) is 13.0 Å². The van der Waals surface area contributed by atoms with Crippen LogP contribution in [0, 0.1) is 6.92 Å². The van der Waals surface area contributed by atoms with Gasteiger partial charge < -0.3 is 15.2 Å². The first kappa shape index (κ1) is 15.8. The predicted octanol–water partition coefficient (Wildman–Crippen LogP) is 2.53. The smallest absolute Gasteiger partial charge is 0.352 e. The van der Waals surface area contributed by atoms with Crippen LogP contribution in [0.25, 0.3) is 0 Å². The van der Waals surface area contributed by atoms with Crippen molar-refractivity contribution in [2.24, 2.45) is 0 Å². The minimum atomic E-state index is -1.32. The summed E-state index contributed by atoms with van der Waals surface area (Å²) in [4.78, 5) is 37.1. The second-order valence-electron chi connectivity index (χ2n) is 4.66. The average Bonchev–Trinajstić information content (AvgIpc) is 2.76. The molecule has 0 spiro atoms. The van der Waals surface area contributed by atoms with Gasteiger partial charge in [-0.2, -0.15) is 0 Å². The molecule has 0 unspecified atom stereocenters. The lowest BCUT2D eigenvalue weighted by Gasteiger charge is -2.03. The lowest BCUT2D eigenvalue weighted by atomic mass is 10.0. The molecule has 0 atom stereocenters. The first-order chi connectivity index (χ1) is 10.3. The highest BCUT2D eigenvalue weighted by Crippen LogP contribution is 2.25. The van der Waals surface area contributed by atoms with Gasteiger partial charge in [0.2, 0.25) is 5.78 Å². The van der Waals surface area contributed by atoms with Gasteiger partial charge in [-0.05, 0) is 30.2 Å². The Morgan fingerprint density at radius 3 is 2.32 bits per heavy atom. The van der Waals surface area contributed by atoms with E-state index in [1.54, 1.807) is 18.2 Å². The number of aliphatic carboxylic acids is 1. The molecule has 114 valence electrons. The van der Waals surface area contributed by atoms with E-state index in [4.69, 9.17) is 21.8 Å². The summed E-state index contributed by atoms with van der Waals surface area (Å²) in [7, 11) is 0. The standard InChI is InChI=1S/C15H12ClNO5/c1-7-9(6-11(18)19)13(15(21)22)17-12(7)14(20)8-4-2-3-5-10(8)16/h2-5,17H,6H2,1H3,(H,18,19)(H,21,22). The van der Waals surface area contributed by atoms with Crippen molar-refractivity contribution in [1.82, 2.24) is 4.98 Å². The Morgan fingerprint density at radius 1 is 1.14 bits per heavy atom. The highest BCUT2D eigenvalue weighted by atomic mass is 35.5. The molecule has 0 fully saturated rings. The molecule has 2 rings (SSSR count). The molecule has 7 heteroatoms. The molecule has 1 aromatic heterocycles. The number of aromatic amines is 1. The summed E-state index contributed by atoms with van der Waals surface area (Å²) in [6.45, 7) is 1.51. The molecule has 1 aromatic carbocycles. The fourth-order valence-electron chi connectivity index (χ4n) is 2.19. The first-order valence-corrected chi connectivity index (χ1v) is 6.66. The van der Waals surface area contributed by atoms with E-state index in [0.29, 0.717) is 5.56 Å². The zero-order valence-corrected chi connectivity index (χ0v) is 12.3. The molecular formula is C15H12ClNO5. The number of carboxylic acids is 2. The van der Waals surface area contributed by atoms with E-state index in [0.717, 1.165) is 0 Å². The van der Waals surface area contributed by atoms with Gasteiger partial charge in [0.25, 0.3) is 0 Å². The van der Waals surface area contributed by atoms with Crippen LogP contribution < -0.4 is 0 Å². The number of ketones is 1. The third-order valence-corrected chi connectivity index (χ3v) is 3.60. The van der Waals surface area contributed by atoms with Crippen molar-refractivity contribution in [3.05, 3.63) is 57.4 Å². The normalized spacial score (nSPS) is 10.5. The number of H-pyrrole nitrogens is 1. The summed E-state index contributed by atoms with van der Waals surface area (Å²) < 4.78 is 0. The van der Waals surface area contributed by atoms with E-state index in [1.807, 2.05) is 0 Å². The van der Waals surface area contributed by atoms with Crippen LogP contribution in [0.1, 0.15) is 37.7 Å². The van der Waals surface area contributed by atoms with E-state index >= 15 is 0 Å². The SMILES string of the molecule is Cc1c(C(=O)c2ccccc2Cl)[nH]c(C(=O)O)c1CC(=O)O. The topological polar surface area (TPSA) is 107 Å². The first-order valence-electron chi connectivity index (χ1n) is 6.28. The molecule has 6 nitrogen and oxygen atoms in total. The van der Waals surface area contributed by atoms with E-state index in [2.05, 4.69) is 4.98 Å². The lowest BCUT2D eigenvalue weighted by Crippen LogP contribution is -2.07. The number of rotatable bonds is 5. The van der Waals surface area contributed by atoms with Crippen LogP contribution in [-0.2, 0) is 11.2 Å². The van der Waals surface area contributed by atoms with Crippen LogP contribution >= 0.6 is 11.6 Å². The van der Waals surface area contributed by atoms with E-state index in [9.17, 15) is 14.4 Å². The number of aromatic nitrogens is 1. The van der Waals surface area contributed by atoms with Crippen LogP contribution in [0.15, 0.2) is 24.3 Å². The van der Waals surface area contributed by atoms with Crippen LogP contribution in [0.3, 0.4) is 0 Å². The maximum absolute atomic E-state index is 12.5. The second-order valence-corrected chi connectivity index (χ2v) is 5.07. The zero-order valence-electron chi connectivity index (χ0n) is 11.5. The molecular weight excluding hydrogens is 310 g/mol. The summed E-state index contributed by atoms with van der Waals surface area (Å²) in [5, 5.41) is 18.3. The number of carboxylic acid groups (broad SMARTS) is 2. The number of hydrogen-bond donors (Lipinski definition) is 3. The third-order valence-electron chi connectivity index (χ3n) is 3.27. The van der Waals surface area contributed by atoms with Crippen LogP contribution in [0.4, 0.5) is 0 Å². The van der Waals surface area contributed by atoms with Gasteiger partial charge in [0.15, 0.2) is 0 Å². The second kappa shape index (κ2) is 6.03. The van der Waals surface area contributed by atoms with Gasteiger partial charge in [-0.25, -0.2) is 4.79 Å². The van der Waals surface area contributed by atoms with Gasteiger partial charge in [0.05, 0.1) is 17.1 Å². The highest BCUT2D eigenvalue weighted by Gasteiger charge is 2.25. The molecule has 1 heterocycles. The third kappa shape index (κ3) is 2.87. The van der Waals surface area contributed by atoms with Crippen LogP contribution in [0.5, 0.6) is 0 Å². The molecule has 0 aliphatic carbocycles. The minimum absolute atomic E-state index is 0.0294. The molecule has 0 saturated heterocycles. The number of nitrogens with one attached hydrogen (secondary N) is 1. The van der Waals surface area contributed by atoms with Gasteiger partial charge in [-0.3, -0.25) is 9.59 Å². The van der Waals surface area contributed by atoms with Crippen molar-refractivity contribution in [1.29, 1.82) is 0 Å². The molecule has 0 saturated carbocycles. The van der Waals surface area contributed by atoms with Crippen molar-refractivity contribution in [2.45, 2.75) is 13.3 Å². The number of hydrogen-bond acceptors (Lipinski definition) is 3. The van der Waals surface area contributed by atoms with Crippen molar-refractivity contribution in [2.75, 3.05) is 0 Å². The Hall–Kier alpha value is -2.60. The largest absolute Gasteiger partial charge is 0.481 e. The fraction of sp³-hybridized carbons (Fsp3) is 0.133. The molecule has 0 amide bonds. The lowest BCUT2D eigenvalue weighted by molar-refractivity contribution is -0.136. The van der Waals surface area contributed by atoms with Gasteiger partial charge in [0, 0.05) is 5.56 Å². The number of carbonyl (C=O) groups is 3. The Labute approximate surface area is 130 Å². The number of halogens is 1. The summed E-state index contributed by atoms with van der Waals surface area (Å²) in [5.74, 6) is -2.99. The maximum atomic E-state index is 12.5. The average molecular weight is 322 g/mol. The molecule has 0 aliphatic rings. The summed E-state index contributed by atoms with van der Waals surface area (Å²) in [6.07, 6.45) is -0.486. The summed E-state index contributed by atoms with van der Waals surface area (Å²) in [5.41, 5.74) is 0.324. The highest BCUT2D eigenvalue weighted by molar-refractivity contribution is 6.35. The van der Waals surface area contributed by atoms with E-state index < -0.39 is 24.1 Å². The van der Waals surface area contributed by atoms with Crippen molar-refractivity contribution in [3.8, 4) is 0 Å². The van der Waals surface area contributed by atoms with Crippen molar-refractivity contribution >= 4 is 29.3 Å². The molecule has 0 bridgehead atoms. The molecule has 0 radical (unpaired) electrons. The van der Waals surface area contributed by atoms with Crippen molar-refractivity contribution in [3.63, 3.8) is 0 Å². The number of benzene rings is 1. The zero-order chi connectivity index (χ0) is 16.4. The minimum Gasteiger partial charge on any atom is -0.481 e. The van der Waals surface area contributed by atoms with Gasteiger partial charge in [0.1, 0.15) is 5.69 Å². The Bertz CT molecular complexity index is 778. The fourth-order valence-corrected chi connectivity index (χ4v) is 2.42. The molecule has 3 N–H and O–H groups in total. The molecule has 22 heavy (non-hydrogen) atoms. The number of aromatic carboxylic acids is 1. The van der Waals surface area contributed by atoms with Crippen LogP contribution in [-0.4, -0.2) is 32.9 Å². The monoisotopic (exact) mass is 321 g/mol. The van der Waals surface area contributed by atoms with Gasteiger partial charge in [-0.1, -0.05) is 23.7 Å². The Morgan fingerprint density at radius 2 is 1.77 bits per heavy atom. The molecule has 0 aliphatic heterocycles. The molecule has 2 aromatic rings. The van der Waals surface area contributed by atoms with Gasteiger partial charge >= 0.3 is 11.9 Å². The van der Waals surface area contributed by atoms with Crippen LogP contribution in [0.2, 0.25) is 5.02 Å².